The van der Waals surface area contributed by atoms with Crippen molar-refractivity contribution >= 4 is 10.8 Å². The van der Waals surface area contributed by atoms with Gasteiger partial charge in [0.25, 0.3) is 0 Å². The van der Waals surface area contributed by atoms with E-state index >= 15 is 0 Å². The monoisotopic (exact) mass is 387 g/mol. The second-order valence-corrected chi connectivity index (χ2v) is 11.1. The third-order valence-corrected chi connectivity index (χ3v) is 7.89. The Morgan fingerprint density at radius 3 is 2.23 bits per heavy atom. The predicted octanol–water partition coefficient (Wildman–Crippen LogP) is 4.34. The summed E-state index contributed by atoms with van der Waals surface area (Å²) in [7, 11) is -1.07. The highest BCUT2D eigenvalue weighted by atomic mass is 32.2. The highest BCUT2D eigenvalue weighted by Gasteiger charge is 2.38. The van der Waals surface area contributed by atoms with Crippen LogP contribution in [0.2, 0.25) is 0 Å². The van der Waals surface area contributed by atoms with E-state index in [2.05, 4.69) is 5.32 Å². The lowest BCUT2D eigenvalue weighted by Crippen LogP contribution is -2.42. The first-order valence-corrected chi connectivity index (χ1v) is 10.7. The van der Waals surface area contributed by atoms with Crippen LogP contribution in [-0.4, -0.2) is 26.8 Å². The second kappa shape index (κ2) is 7.63. The summed E-state index contributed by atoms with van der Waals surface area (Å²) >= 11 is 0. The third kappa shape index (κ3) is 4.50. The number of hydrogen-bond donors (Lipinski definition) is 1. The quantitative estimate of drug-likeness (QED) is 0.762. The van der Waals surface area contributed by atoms with Gasteiger partial charge in [-0.1, -0.05) is 0 Å². The maximum absolute atomic E-state index is 14.2. The molecule has 2 aliphatic heterocycles. The summed E-state index contributed by atoms with van der Waals surface area (Å²) in [6.45, 7) is 5.80. The molecule has 3 rings (SSSR count). The van der Waals surface area contributed by atoms with Gasteiger partial charge in [0, 0.05) is 39.4 Å². The van der Waals surface area contributed by atoms with Crippen LogP contribution < -0.4 is 5.32 Å². The molecular formula is C20H28F3NOS. The highest BCUT2D eigenvalue weighted by molar-refractivity contribution is 7.86. The van der Waals surface area contributed by atoms with E-state index in [-0.39, 0.29) is 16.2 Å². The van der Waals surface area contributed by atoms with Crippen LogP contribution in [0.4, 0.5) is 13.2 Å². The average Bonchev–Trinajstić information content (AvgIpc) is 2.88. The van der Waals surface area contributed by atoms with Crippen LogP contribution in [0.15, 0.2) is 12.1 Å². The lowest BCUT2D eigenvalue weighted by molar-refractivity contribution is 0.228. The van der Waals surface area contributed by atoms with Gasteiger partial charge >= 0.3 is 0 Å². The molecule has 2 aliphatic rings. The maximum Gasteiger partial charge on any atom is 0.161 e. The summed E-state index contributed by atoms with van der Waals surface area (Å²) in [5.74, 6) is -2.12. The van der Waals surface area contributed by atoms with Gasteiger partial charge in [-0.15, -0.1) is 0 Å². The largest absolute Gasteiger partial charge is 0.311 e. The van der Waals surface area contributed by atoms with Crippen molar-refractivity contribution in [2.24, 2.45) is 11.8 Å². The molecular weight excluding hydrogens is 359 g/mol. The Morgan fingerprint density at radius 1 is 1.08 bits per heavy atom. The predicted molar refractivity (Wildman–Crippen MR) is 98.9 cm³/mol. The minimum Gasteiger partial charge on any atom is -0.311 e. The first kappa shape index (κ1) is 19.9. The summed E-state index contributed by atoms with van der Waals surface area (Å²) in [5, 5.41) is 3.59. The molecule has 1 aromatic carbocycles. The Hall–Kier alpha value is -0.880. The summed E-state index contributed by atoms with van der Waals surface area (Å²) < 4.78 is 53.5. The van der Waals surface area contributed by atoms with Crippen molar-refractivity contribution in [2.75, 3.05) is 5.75 Å². The van der Waals surface area contributed by atoms with Gasteiger partial charge in [-0.25, -0.2) is 13.2 Å². The lowest BCUT2D eigenvalue weighted by atomic mass is 9.79. The van der Waals surface area contributed by atoms with Crippen LogP contribution in [0.5, 0.6) is 0 Å². The van der Waals surface area contributed by atoms with Gasteiger partial charge in [0.1, 0.15) is 5.82 Å². The van der Waals surface area contributed by atoms with Crippen molar-refractivity contribution < 1.29 is 17.4 Å². The minimum atomic E-state index is -1.17. The molecule has 1 unspecified atom stereocenters. The fraction of sp³-hybridized carbons (Fsp3) is 0.700. The average molecular weight is 388 g/mol. The van der Waals surface area contributed by atoms with E-state index in [1.807, 2.05) is 20.8 Å². The molecule has 0 amide bonds. The Labute approximate surface area is 156 Å². The smallest absolute Gasteiger partial charge is 0.161 e. The number of nitrogens with one attached hydrogen (secondary N) is 1. The van der Waals surface area contributed by atoms with E-state index < -0.39 is 28.3 Å². The van der Waals surface area contributed by atoms with Crippen molar-refractivity contribution in [1.82, 2.24) is 5.32 Å². The molecule has 5 atom stereocenters. The van der Waals surface area contributed by atoms with Crippen LogP contribution in [0.1, 0.15) is 52.0 Å². The molecule has 0 aliphatic carbocycles. The van der Waals surface area contributed by atoms with E-state index in [9.17, 15) is 17.4 Å². The van der Waals surface area contributed by atoms with Crippen molar-refractivity contribution in [3.05, 3.63) is 35.1 Å². The standard InChI is InChI=1S/C20H28F3NOS/c1-20(2,3)26(25)11-14(12-7-15-4-5-16(8-12)24-15)6-13-9-18(22)19(23)10-17(13)21/h9-10,12,14-16,24H,4-8,11H2,1-3H3/t12?,14-,15-,16+,26+/m0/s1. The van der Waals surface area contributed by atoms with E-state index in [4.69, 9.17) is 0 Å². The first-order chi connectivity index (χ1) is 12.1. The van der Waals surface area contributed by atoms with Crippen molar-refractivity contribution in [3.63, 3.8) is 0 Å². The fourth-order valence-electron chi connectivity index (χ4n) is 4.29. The molecule has 2 heterocycles. The van der Waals surface area contributed by atoms with Gasteiger partial charge < -0.3 is 5.32 Å². The molecule has 2 nitrogen and oxygen atoms in total. The SMILES string of the molecule is CC(C)(C)[S@](=O)C[C@H](Cc1cc(F)c(F)cc1F)C1C[C@H]2CC[C@@H](C1)N2. The number of hydrogen-bond acceptors (Lipinski definition) is 2. The zero-order valence-electron chi connectivity index (χ0n) is 15.7. The van der Waals surface area contributed by atoms with Gasteiger partial charge in [-0.05, 0) is 76.3 Å². The molecule has 2 fully saturated rings. The molecule has 26 heavy (non-hydrogen) atoms. The van der Waals surface area contributed by atoms with Gasteiger partial charge in [-0.3, -0.25) is 4.21 Å². The van der Waals surface area contributed by atoms with Crippen LogP contribution in [-0.2, 0) is 17.2 Å². The number of piperidine rings is 1. The summed E-state index contributed by atoms with van der Waals surface area (Å²) in [6, 6.07) is 2.53. The lowest BCUT2D eigenvalue weighted by Gasteiger charge is -2.36. The van der Waals surface area contributed by atoms with Gasteiger partial charge in [0.15, 0.2) is 11.6 Å². The molecule has 0 radical (unpaired) electrons. The number of halogens is 3. The van der Waals surface area contributed by atoms with E-state index in [1.54, 1.807) is 0 Å². The van der Waals surface area contributed by atoms with E-state index in [0.717, 1.165) is 31.7 Å². The van der Waals surface area contributed by atoms with Crippen molar-refractivity contribution in [1.29, 1.82) is 0 Å². The molecule has 0 spiro atoms. The fourth-order valence-corrected chi connectivity index (χ4v) is 5.57. The molecule has 2 bridgehead atoms. The number of fused-ring (bicyclic) bond motifs is 2. The molecule has 2 saturated heterocycles. The van der Waals surface area contributed by atoms with Gasteiger partial charge in [-0.2, -0.15) is 0 Å². The van der Waals surface area contributed by atoms with Gasteiger partial charge in [0.05, 0.1) is 0 Å². The zero-order valence-corrected chi connectivity index (χ0v) is 16.5. The summed E-state index contributed by atoms with van der Waals surface area (Å²) in [5.41, 5.74) is 0.186. The molecule has 0 aromatic heterocycles. The Kier molecular flexibility index (Phi) is 5.83. The highest BCUT2D eigenvalue weighted by Crippen LogP contribution is 2.37. The molecule has 146 valence electrons. The van der Waals surface area contributed by atoms with Crippen molar-refractivity contribution in [2.45, 2.75) is 69.7 Å². The molecule has 1 N–H and O–H groups in total. The number of benzene rings is 1. The zero-order chi connectivity index (χ0) is 19.1. The van der Waals surface area contributed by atoms with E-state index in [1.165, 1.54) is 0 Å². The maximum atomic E-state index is 14.2. The third-order valence-electron chi connectivity index (χ3n) is 5.80. The Morgan fingerprint density at radius 2 is 1.65 bits per heavy atom. The normalized spacial score (nSPS) is 28.2. The second-order valence-electron chi connectivity index (χ2n) is 8.82. The van der Waals surface area contributed by atoms with Gasteiger partial charge in [0.2, 0.25) is 0 Å². The Bertz CT molecular complexity index is 676. The van der Waals surface area contributed by atoms with Crippen LogP contribution in [0.3, 0.4) is 0 Å². The summed E-state index contributed by atoms with van der Waals surface area (Å²) in [4.78, 5) is 0. The van der Waals surface area contributed by atoms with Crippen molar-refractivity contribution in [3.8, 4) is 0 Å². The first-order valence-electron chi connectivity index (χ1n) is 9.41. The minimum absolute atomic E-state index is 0.000352. The molecule has 6 heteroatoms. The Balaban J connectivity index is 1.83. The van der Waals surface area contributed by atoms with Crippen LogP contribution in [0, 0.1) is 29.3 Å². The topological polar surface area (TPSA) is 29.1 Å². The summed E-state index contributed by atoms with van der Waals surface area (Å²) in [6.07, 6.45) is 4.56. The molecule has 0 saturated carbocycles. The van der Waals surface area contributed by atoms with Crippen LogP contribution in [0.25, 0.3) is 0 Å². The number of rotatable bonds is 5. The molecule has 1 aromatic rings. The van der Waals surface area contributed by atoms with Crippen LogP contribution >= 0.6 is 0 Å². The van der Waals surface area contributed by atoms with E-state index in [0.29, 0.717) is 36.2 Å².